The highest BCUT2D eigenvalue weighted by molar-refractivity contribution is 5.65. The maximum Gasteiger partial charge on any atom is 0.115 e. The Morgan fingerprint density at radius 2 is 1.27 bits per heavy atom. The van der Waals surface area contributed by atoms with E-state index in [0.29, 0.717) is 5.69 Å². The summed E-state index contributed by atoms with van der Waals surface area (Å²) in [6.07, 6.45) is 0. The van der Waals surface area contributed by atoms with Crippen molar-refractivity contribution in [3.8, 4) is 16.9 Å². The lowest BCUT2D eigenvalue weighted by Gasteiger charge is -2.01. The Balaban J connectivity index is 2.37. The molecule has 0 aliphatic heterocycles. The van der Waals surface area contributed by atoms with Gasteiger partial charge in [0.25, 0.3) is 0 Å². The second-order valence-electron chi connectivity index (χ2n) is 3.19. The molecule has 1 N–H and O–H groups in total. The summed E-state index contributed by atoms with van der Waals surface area (Å²) in [5.74, 6) is 0.241. The lowest BCUT2D eigenvalue weighted by atomic mass is 10.1. The molecule has 74 valence electrons. The van der Waals surface area contributed by atoms with E-state index in [9.17, 15) is 4.91 Å². The van der Waals surface area contributed by atoms with Crippen molar-refractivity contribution >= 4 is 5.69 Å². The fourth-order valence-electron chi connectivity index (χ4n) is 1.37. The molecule has 0 bridgehead atoms. The van der Waals surface area contributed by atoms with Crippen molar-refractivity contribution in [3.05, 3.63) is 53.4 Å². The zero-order valence-corrected chi connectivity index (χ0v) is 7.92. The quantitative estimate of drug-likeness (QED) is 0.753. The van der Waals surface area contributed by atoms with Crippen LogP contribution >= 0.6 is 0 Å². The first kappa shape index (κ1) is 9.40. The van der Waals surface area contributed by atoms with Crippen LogP contribution in [0, 0.1) is 4.91 Å². The summed E-state index contributed by atoms with van der Waals surface area (Å²) in [6, 6.07) is 13.9. The molecule has 0 spiro atoms. The number of nitroso groups, excluding NO2 is 1. The molecule has 0 aromatic heterocycles. The van der Waals surface area contributed by atoms with E-state index in [1.54, 1.807) is 24.3 Å². The predicted molar refractivity (Wildman–Crippen MR) is 59.0 cm³/mol. The van der Waals surface area contributed by atoms with Crippen LogP contribution in [0.4, 0.5) is 5.69 Å². The van der Waals surface area contributed by atoms with Gasteiger partial charge in [0.2, 0.25) is 0 Å². The van der Waals surface area contributed by atoms with E-state index in [0.717, 1.165) is 11.1 Å². The van der Waals surface area contributed by atoms with E-state index in [2.05, 4.69) is 5.18 Å². The van der Waals surface area contributed by atoms with Gasteiger partial charge in [-0.3, -0.25) is 0 Å². The molecule has 2 aromatic rings. The molecular weight excluding hydrogens is 190 g/mol. The van der Waals surface area contributed by atoms with Gasteiger partial charge in [0.1, 0.15) is 11.4 Å². The van der Waals surface area contributed by atoms with Crippen LogP contribution < -0.4 is 0 Å². The predicted octanol–water partition coefficient (Wildman–Crippen LogP) is 3.46. The van der Waals surface area contributed by atoms with Gasteiger partial charge in [-0.05, 0) is 40.6 Å². The van der Waals surface area contributed by atoms with Gasteiger partial charge in [-0.2, -0.15) is 0 Å². The normalized spacial score (nSPS) is 9.87. The van der Waals surface area contributed by atoms with Crippen molar-refractivity contribution in [1.29, 1.82) is 0 Å². The van der Waals surface area contributed by atoms with E-state index in [4.69, 9.17) is 5.11 Å². The van der Waals surface area contributed by atoms with Crippen molar-refractivity contribution in [2.45, 2.75) is 0 Å². The molecular formula is C12H9NO2. The Kier molecular flexibility index (Phi) is 2.46. The molecule has 0 aliphatic carbocycles. The molecule has 0 saturated carbocycles. The minimum Gasteiger partial charge on any atom is -0.508 e. The molecule has 0 fully saturated rings. The van der Waals surface area contributed by atoms with Crippen molar-refractivity contribution < 1.29 is 5.11 Å². The monoisotopic (exact) mass is 199 g/mol. The molecule has 2 aromatic carbocycles. The number of phenolic OH excluding ortho intramolecular Hbond substituents is 1. The van der Waals surface area contributed by atoms with E-state index in [1.165, 1.54) is 0 Å². The van der Waals surface area contributed by atoms with E-state index >= 15 is 0 Å². The van der Waals surface area contributed by atoms with Crippen LogP contribution in [0.15, 0.2) is 53.7 Å². The highest BCUT2D eigenvalue weighted by Crippen LogP contribution is 2.23. The highest BCUT2D eigenvalue weighted by atomic mass is 16.3. The average Bonchev–Trinajstić information content (AvgIpc) is 2.30. The Bertz CT molecular complexity index is 460. The van der Waals surface area contributed by atoms with Crippen LogP contribution in [0.3, 0.4) is 0 Å². The Morgan fingerprint density at radius 3 is 1.73 bits per heavy atom. The number of benzene rings is 2. The van der Waals surface area contributed by atoms with Crippen LogP contribution in [0.5, 0.6) is 5.75 Å². The maximum atomic E-state index is 10.2. The number of phenols is 1. The van der Waals surface area contributed by atoms with Crippen LogP contribution in [0.25, 0.3) is 11.1 Å². The molecule has 0 saturated heterocycles. The fourth-order valence-corrected chi connectivity index (χ4v) is 1.37. The maximum absolute atomic E-state index is 10.2. The fraction of sp³-hybridized carbons (Fsp3) is 0. The minimum atomic E-state index is 0.241. The zero-order chi connectivity index (χ0) is 10.7. The molecule has 0 heterocycles. The SMILES string of the molecule is O=Nc1ccc(-c2ccc(O)cc2)cc1. The summed E-state index contributed by atoms with van der Waals surface area (Å²) in [5, 5.41) is 12.0. The van der Waals surface area contributed by atoms with Crippen LogP contribution in [-0.2, 0) is 0 Å². The number of aromatic hydroxyl groups is 1. The summed E-state index contributed by atoms with van der Waals surface area (Å²) in [6.45, 7) is 0. The summed E-state index contributed by atoms with van der Waals surface area (Å²) >= 11 is 0. The van der Waals surface area contributed by atoms with E-state index < -0.39 is 0 Å². The van der Waals surface area contributed by atoms with Gasteiger partial charge in [-0.1, -0.05) is 24.3 Å². The first-order chi connectivity index (χ1) is 7.29. The van der Waals surface area contributed by atoms with Gasteiger partial charge >= 0.3 is 0 Å². The smallest absolute Gasteiger partial charge is 0.115 e. The van der Waals surface area contributed by atoms with Gasteiger partial charge in [0.05, 0.1) is 0 Å². The standard InChI is InChI=1S/C12H9NO2/c14-12-7-3-10(4-8-12)9-1-5-11(13-15)6-2-9/h1-8,14H. The van der Waals surface area contributed by atoms with Gasteiger partial charge in [0, 0.05) is 0 Å². The second kappa shape index (κ2) is 3.92. The van der Waals surface area contributed by atoms with Gasteiger partial charge in [0.15, 0.2) is 0 Å². The van der Waals surface area contributed by atoms with Crippen LogP contribution in [0.1, 0.15) is 0 Å². The topological polar surface area (TPSA) is 49.7 Å². The van der Waals surface area contributed by atoms with Gasteiger partial charge < -0.3 is 5.11 Å². The Labute approximate surface area is 87.0 Å². The van der Waals surface area contributed by atoms with Crippen molar-refractivity contribution in [3.63, 3.8) is 0 Å². The minimum absolute atomic E-state index is 0.241. The zero-order valence-electron chi connectivity index (χ0n) is 7.92. The molecule has 0 radical (unpaired) electrons. The lowest BCUT2D eigenvalue weighted by molar-refractivity contribution is 0.475. The molecule has 0 atom stereocenters. The van der Waals surface area contributed by atoms with Crippen molar-refractivity contribution in [1.82, 2.24) is 0 Å². The molecule has 0 amide bonds. The Morgan fingerprint density at radius 1 is 0.800 bits per heavy atom. The van der Waals surface area contributed by atoms with E-state index in [-0.39, 0.29) is 5.75 Å². The largest absolute Gasteiger partial charge is 0.508 e. The van der Waals surface area contributed by atoms with Gasteiger partial charge in [-0.15, -0.1) is 4.91 Å². The molecule has 0 unspecified atom stereocenters. The third-order valence-electron chi connectivity index (χ3n) is 2.17. The third-order valence-corrected chi connectivity index (χ3v) is 2.17. The van der Waals surface area contributed by atoms with Crippen molar-refractivity contribution in [2.24, 2.45) is 5.18 Å². The van der Waals surface area contributed by atoms with Crippen molar-refractivity contribution in [2.75, 3.05) is 0 Å². The third kappa shape index (κ3) is 2.02. The summed E-state index contributed by atoms with van der Waals surface area (Å²) in [7, 11) is 0. The number of nitrogens with zero attached hydrogens (tertiary/aromatic N) is 1. The first-order valence-corrected chi connectivity index (χ1v) is 4.52. The molecule has 3 heteroatoms. The average molecular weight is 199 g/mol. The second-order valence-corrected chi connectivity index (χ2v) is 3.19. The molecule has 3 nitrogen and oxygen atoms in total. The molecule has 0 aliphatic rings. The highest BCUT2D eigenvalue weighted by Gasteiger charge is 1.97. The molecule has 2 rings (SSSR count). The first-order valence-electron chi connectivity index (χ1n) is 4.52. The summed E-state index contributed by atoms with van der Waals surface area (Å²) in [5.41, 5.74) is 2.39. The van der Waals surface area contributed by atoms with Crippen LogP contribution in [0.2, 0.25) is 0 Å². The number of rotatable bonds is 2. The summed E-state index contributed by atoms with van der Waals surface area (Å²) < 4.78 is 0. The van der Waals surface area contributed by atoms with E-state index in [1.807, 2.05) is 24.3 Å². The number of hydrogen-bond donors (Lipinski definition) is 1. The number of hydrogen-bond acceptors (Lipinski definition) is 3. The lowest BCUT2D eigenvalue weighted by Crippen LogP contribution is -1.75. The molecule has 15 heavy (non-hydrogen) atoms. The Hall–Kier alpha value is -2.16. The summed E-state index contributed by atoms with van der Waals surface area (Å²) in [4.78, 5) is 10.2. The van der Waals surface area contributed by atoms with Crippen LogP contribution in [-0.4, -0.2) is 5.11 Å². The van der Waals surface area contributed by atoms with Gasteiger partial charge in [-0.25, -0.2) is 0 Å².